The minimum Gasteiger partial charge on any atom is -0.388 e. The van der Waals surface area contributed by atoms with Gasteiger partial charge in [-0.1, -0.05) is 23.7 Å². The van der Waals surface area contributed by atoms with E-state index < -0.39 is 34.6 Å². The molecule has 166 valence electrons. The Morgan fingerprint density at radius 1 is 1.16 bits per heavy atom. The number of sulfonamides is 1. The lowest BCUT2D eigenvalue weighted by molar-refractivity contribution is -0.0353. The number of imidazole rings is 1. The van der Waals surface area contributed by atoms with Gasteiger partial charge >= 0.3 is 0 Å². The van der Waals surface area contributed by atoms with Crippen molar-refractivity contribution in [3.8, 4) is 0 Å². The molecule has 0 radical (unpaired) electrons. The van der Waals surface area contributed by atoms with Crippen LogP contribution in [0.25, 0.3) is 11.2 Å². The molecule has 0 amide bonds. The lowest BCUT2D eigenvalue weighted by atomic mass is 10.1. The minimum absolute atomic E-state index is 0.0525. The van der Waals surface area contributed by atoms with Crippen LogP contribution in [0.15, 0.2) is 36.9 Å². The molecule has 1 aliphatic rings. The molecule has 31 heavy (non-hydrogen) atoms. The fraction of sp³-hybridized carbons (Fsp3) is 0.389. The third-order valence-electron chi connectivity index (χ3n) is 5.03. The number of nitrogens with one attached hydrogen (secondary N) is 1. The zero-order valence-corrected chi connectivity index (χ0v) is 17.7. The number of nitrogens with zero attached hydrogens (tertiary/aromatic N) is 4. The highest BCUT2D eigenvalue weighted by atomic mass is 35.5. The first-order valence-corrected chi connectivity index (χ1v) is 11.5. The molecule has 1 aliphatic heterocycles. The van der Waals surface area contributed by atoms with E-state index in [1.165, 1.54) is 17.2 Å². The molecule has 11 nitrogen and oxygen atoms in total. The van der Waals surface area contributed by atoms with Crippen LogP contribution >= 0.6 is 11.6 Å². The highest BCUT2D eigenvalue weighted by molar-refractivity contribution is 7.89. The van der Waals surface area contributed by atoms with E-state index in [0.29, 0.717) is 28.5 Å². The van der Waals surface area contributed by atoms with Crippen LogP contribution in [-0.2, 0) is 21.3 Å². The van der Waals surface area contributed by atoms with Crippen LogP contribution < -0.4 is 10.5 Å². The number of aromatic nitrogens is 4. The minimum atomic E-state index is -3.72. The van der Waals surface area contributed by atoms with Crippen LogP contribution in [0, 0.1) is 0 Å². The predicted octanol–water partition coefficient (Wildman–Crippen LogP) is 0.390. The van der Waals surface area contributed by atoms with Gasteiger partial charge in [0.25, 0.3) is 0 Å². The summed E-state index contributed by atoms with van der Waals surface area (Å²) in [6.07, 6.45) is -1.76. The molecular weight excluding hydrogens is 448 g/mol. The molecule has 3 aromatic rings. The molecule has 0 bridgehead atoms. The summed E-state index contributed by atoms with van der Waals surface area (Å²) >= 11 is 5.91. The number of rotatable bonds is 7. The van der Waals surface area contributed by atoms with Gasteiger partial charge in [0.05, 0.1) is 18.2 Å². The van der Waals surface area contributed by atoms with E-state index in [1.807, 2.05) is 12.1 Å². The second-order valence-electron chi connectivity index (χ2n) is 7.23. The zero-order valence-electron chi connectivity index (χ0n) is 16.2. The SMILES string of the molecule is NS(=O)(=O)CCC1OC(n2cnc3c(NCc4ccc(Cl)cc4)ncnc32)C(O)C1O. The molecular formula is C18H21ClN6O5S. The molecule has 0 saturated carbocycles. The molecule has 0 aliphatic carbocycles. The van der Waals surface area contributed by atoms with Crippen LogP contribution in [0.5, 0.6) is 0 Å². The number of aliphatic hydroxyl groups is 2. The second kappa shape index (κ2) is 8.65. The van der Waals surface area contributed by atoms with Crippen LogP contribution in [0.3, 0.4) is 0 Å². The molecule has 5 N–H and O–H groups in total. The highest BCUT2D eigenvalue weighted by Crippen LogP contribution is 2.33. The number of aliphatic hydroxyl groups excluding tert-OH is 2. The molecule has 2 aromatic heterocycles. The van der Waals surface area contributed by atoms with Gasteiger partial charge in [-0.3, -0.25) is 4.57 Å². The number of fused-ring (bicyclic) bond motifs is 1. The number of benzene rings is 1. The van der Waals surface area contributed by atoms with Gasteiger partial charge in [0.1, 0.15) is 18.5 Å². The Balaban J connectivity index is 1.54. The van der Waals surface area contributed by atoms with Gasteiger partial charge in [0.15, 0.2) is 23.2 Å². The van der Waals surface area contributed by atoms with Gasteiger partial charge in [-0.05, 0) is 24.1 Å². The zero-order chi connectivity index (χ0) is 22.2. The number of primary sulfonamides is 1. The quantitative estimate of drug-likeness (QED) is 0.383. The van der Waals surface area contributed by atoms with Crippen molar-refractivity contribution < 1.29 is 23.4 Å². The average molecular weight is 469 g/mol. The van der Waals surface area contributed by atoms with Crippen LogP contribution in [0.1, 0.15) is 18.2 Å². The lowest BCUT2D eigenvalue weighted by Crippen LogP contribution is -2.33. The fourth-order valence-electron chi connectivity index (χ4n) is 3.43. The maximum Gasteiger partial charge on any atom is 0.209 e. The average Bonchev–Trinajstić information content (AvgIpc) is 3.27. The number of halogens is 1. The fourth-order valence-corrected chi connectivity index (χ4v) is 4.12. The van der Waals surface area contributed by atoms with Gasteiger partial charge in [0.2, 0.25) is 10.0 Å². The Kier molecular flexibility index (Phi) is 6.10. The third-order valence-corrected chi connectivity index (χ3v) is 6.09. The van der Waals surface area contributed by atoms with Gasteiger partial charge < -0.3 is 20.3 Å². The highest BCUT2D eigenvalue weighted by Gasteiger charge is 2.44. The Morgan fingerprint density at radius 3 is 2.61 bits per heavy atom. The summed E-state index contributed by atoms with van der Waals surface area (Å²) in [5, 5.41) is 29.6. The first-order valence-electron chi connectivity index (χ1n) is 9.41. The van der Waals surface area contributed by atoms with Crippen molar-refractivity contribution in [2.24, 2.45) is 5.14 Å². The molecule has 13 heteroatoms. The Labute approximate surface area is 182 Å². The third kappa shape index (κ3) is 4.79. The monoisotopic (exact) mass is 468 g/mol. The maximum atomic E-state index is 11.2. The lowest BCUT2D eigenvalue weighted by Gasteiger charge is -2.16. The summed E-state index contributed by atoms with van der Waals surface area (Å²) in [6, 6.07) is 7.36. The topological polar surface area (TPSA) is 165 Å². The van der Waals surface area contributed by atoms with E-state index in [2.05, 4.69) is 20.3 Å². The van der Waals surface area contributed by atoms with Crippen molar-refractivity contribution in [2.75, 3.05) is 11.1 Å². The number of anilines is 1. The molecule has 4 rings (SSSR count). The second-order valence-corrected chi connectivity index (χ2v) is 9.40. The van der Waals surface area contributed by atoms with Gasteiger partial charge in [-0.15, -0.1) is 0 Å². The van der Waals surface area contributed by atoms with Crippen LogP contribution in [-0.4, -0.2) is 62.2 Å². The van der Waals surface area contributed by atoms with E-state index in [4.69, 9.17) is 21.5 Å². The molecule has 1 aromatic carbocycles. The Morgan fingerprint density at radius 2 is 1.90 bits per heavy atom. The summed E-state index contributed by atoms with van der Waals surface area (Å²) < 4.78 is 29.6. The van der Waals surface area contributed by atoms with E-state index >= 15 is 0 Å². The van der Waals surface area contributed by atoms with Crippen molar-refractivity contribution in [3.63, 3.8) is 0 Å². The maximum absolute atomic E-state index is 11.2. The van der Waals surface area contributed by atoms with E-state index in [0.717, 1.165) is 5.56 Å². The van der Waals surface area contributed by atoms with E-state index in [1.54, 1.807) is 12.1 Å². The van der Waals surface area contributed by atoms with E-state index in [-0.39, 0.29) is 12.2 Å². The molecule has 1 saturated heterocycles. The molecule has 3 heterocycles. The summed E-state index contributed by atoms with van der Waals surface area (Å²) in [5.41, 5.74) is 1.83. The number of hydrogen-bond acceptors (Lipinski definition) is 9. The van der Waals surface area contributed by atoms with Crippen molar-refractivity contribution in [1.29, 1.82) is 0 Å². The van der Waals surface area contributed by atoms with E-state index in [9.17, 15) is 18.6 Å². The van der Waals surface area contributed by atoms with Crippen LogP contribution in [0.2, 0.25) is 5.02 Å². The first kappa shape index (κ1) is 21.9. The van der Waals surface area contributed by atoms with Crippen molar-refractivity contribution in [2.45, 2.75) is 37.5 Å². The van der Waals surface area contributed by atoms with Gasteiger partial charge in [-0.2, -0.15) is 0 Å². The number of ether oxygens (including phenoxy) is 1. The normalized spacial score (nSPS) is 24.0. The van der Waals surface area contributed by atoms with Crippen molar-refractivity contribution in [1.82, 2.24) is 19.5 Å². The first-order chi connectivity index (χ1) is 14.7. The van der Waals surface area contributed by atoms with Gasteiger partial charge in [0, 0.05) is 11.6 Å². The molecule has 1 fully saturated rings. The van der Waals surface area contributed by atoms with Gasteiger partial charge in [-0.25, -0.2) is 28.5 Å². The Hall–Kier alpha value is -2.35. The largest absolute Gasteiger partial charge is 0.388 e. The van der Waals surface area contributed by atoms with Crippen LogP contribution in [0.4, 0.5) is 5.82 Å². The smallest absolute Gasteiger partial charge is 0.209 e. The summed E-state index contributed by atoms with van der Waals surface area (Å²) in [6.45, 7) is 0.479. The summed E-state index contributed by atoms with van der Waals surface area (Å²) in [4.78, 5) is 12.8. The number of hydrogen-bond donors (Lipinski definition) is 4. The standard InChI is InChI=1S/C18H21ClN6O5S/c19-11-3-1-10(2-4-11)7-21-16-13-17(23-8-22-16)25(9-24-13)18-15(27)14(26)12(30-18)5-6-31(20,28)29/h1-4,8-9,12,14-15,18,26-27H,5-7H2,(H2,20,28,29)(H,21,22,23). The number of nitrogens with two attached hydrogens (primary N) is 1. The molecule has 4 unspecified atom stereocenters. The molecule has 0 spiro atoms. The summed E-state index contributed by atoms with van der Waals surface area (Å²) in [7, 11) is -3.72. The van der Waals surface area contributed by atoms with Crippen molar-refractivity contribution in [3.05, 3.63) is 47.5 Å². The predicted molar refractivity (Wildman–Crippen MR) is 113 cm³/mol. The van der Waals surface area contributed by atoms with Crippen molar-refractivity contribution >= 4 is 38.6 Å². The Bertz CT molecular complexity index is 1170. The molecule has 4 atom stereocenters. The summed E-state index contributed by atoms with van der Waals surface area (Å²) in [5.74, 6) is 0.109.